The molecule has 0 aliphatic heterocycles. The Balaban J connectivity index is 1.61. The van der Waals surface area contributed by atoms with Crippen LogP contribution in [-0.4, -0.2) is 21.6 Å². The molecule has 1 aromatic heterocycles. The van der Waals surface area contributed by atoms with Gasteiger partial charge >= 0.3 is 0 Å². The van der Waals surface area contributed by atoms with Crippen LogP contribution < -0.4 is 10.9 Å². The smallest absolute Gasteiger partial charge is 0.251 e. The first-order chi connectivity index (χ1) is 16.4. The topological polar surface area (TPSA) is 68.2 Å². The lowest BCUT2D eigenvalue weighted by Crippen LogP contribution is -2.44. The molecule has 0 aliphatic carbocycles. The Morgan fingerprint density at radius 2 is 1.74 bits per heavy atom. The summed E-state index contributed by atoms with van der Waals surface area (Å²) < 4.78 is 1.53. The van der Waals surface area contributed by atoms with Crippen molar-refractivity contribution in [2.75, 3.05) is 0 Å². The van der Waals surface area contributed by atoms with Crippen molar-refractivity contribution in [2.45, 2.75) is 25.3 Å². The second-order valence-corrected chi connectivity index (χ2v) is 9.39. The van der Waals surface area contributed by atoms with Gasteiger partial charge in [0.25, 0.3) is 11.5 Å². The molecule has 34 heavy (non-hydrogen) atoms. The van der Waals surface area contributed by atoms with Gasteiger partial charge in [0.1, 0.15) is 6.04 Å². The van der Waals surface area contributed by atoms with Crippen LogP contribution in [0.4, 0.5) is 0 Å². The molecule has 0 radical (unpaired) electrons. The van der Waals surface area contributed by atoms with Gasteiger partial charge < -0.3 is 9.88 Å². The number of aromatic nitrogens is 1. The van der Waals surface area contributed by atoms with Gasteiger partial charge in [0.05, 0.1) is 12.1 Å². The first-order valence-electron chi connectivity index (χ1n) is 10.8. The molecule has 172 valence electrons. The molecule has 3 aromatic carbocycles. The minimum absolute atomic E-state index is 0.0270. The number of rotatable bonds is 7. The number of nitrogens with one attached hydrogen (secondary N) is 1. The van der Waals surface area contributed by atoms with Crippen molar-refractivity contribution < 1.29 is 9.59 Å². The number of amides is 1. The zero-order valence-electron chi connectivity index (χ0n) is 18.5. The molecule has 4 aromatic rings. The summed E-state index contributed by atoms with van der Waals surface area (Å²) in [6, 6.07) is 24.2. The van der Waals surface area contributed by atoms with Crippen molar-refractivity contribution in [3.8, 4) is 0 Å². The highest BCUT2D eigenvalue weighted by Gasteiger charge is 2.24. The molecule has 1 amide bonds. The maximum absolute atomic E-state index is 13.3. The number of hydrogen-bond donors (Lipinski definition) is 1. The minimum atomic E-state index is -0.901. The van der Waals surface area contributed by atoms with Gasteiger partial charge in [-0.1, -0.05) is 71.4 Å². The van der Waals surface area contributed by atoms with Crippen LogP contribution in [0.25, 0.3) is 10.9 Å². The van der Waals surface area contributed by atoms with Gasteiger partial charge in [0, 0.05) is 22.4 Å². The third-order valence-electron chi connectivity index (χ3n) is 5.42. The normalized spacial score (nSPS) is 11.8. The second-order valence-electron chi connectivity index (χ2n) is 7.97. The quantitative estimate of drug-likeness (QED) is 0.385. The number of para-hydroxylation sites is 1. The Morgan fingerprint density at radius 3 is 2.50 bits per heavy atom. The van der Waals surface area contributed by atoms with E-state index in [0.29, 0.717) is 21.9 Å². The lowest BCUT2D eigenvalue weighted by atomic mass is 10.2. The fourth-order valence-electron chi connectivity index (χ4n) is 3.69. The number of fused-ring (bicyclic) bond motifs is 1. The van der Waals surface area contributed by atoms with Gasteiger partial charge in [-0.3, -0.25) is 14.4 Å². The molecule has 1 N–H and O–H groups in total. The first kappa shape index (κ1) is 23.8. The van der Waals surface area contributed by atoms with Crippen LogP contribution in [0.2, 0.25) is 5.02 Å². The maximum atomic E-state index is 13.3. The molecule has 0 spiro atoms. The Hall–Kier alpha value is -3.35. The van der Waals surface area contributed by atoms with Gasteiger partial charge in [-0.25, -0.2) is 0 Å². The van der Waals surface area contributed by atoms with Crippen molar-refractivity contribution in [3.63, 3.8) is 0 Å². The Kier molecular flexibility index (Phi) is 7.50. The van der Waals surface area contributed by atoms with E-state index in [4.69, 9.17) is 11.6 Å². The Morgan fingerprint density at radius 1 is 0.971 bits per heavy atom. The molecule has 5 nitrogen and oxygen atoms in total. The fraction of sp³-hybridized carbons (Fsp3) is 0.148. The van der Waals surface area contributed by atoms with Crippen molar-refractivity contribution in [2.24, 2.45) is 0 Å². The monoisotopic (exact) mass is 490 g/mol. The van der Waals surface area contributed by atoms with Crippen LogP contribution in [0.1, 0.15) is 21.5 Å². The van der Waals surface area contributed by atoms with E-state index in [9.17, 15) is 14.4 Å². The molecule has 0 saturated heterocycles. The highest BCUT2D eigenvalue weighted by molar-refractivity contribution is 8.13. The van der Waals surface area contributed by atoms with E-state index in [0.717, 1.165) is 28.3 Å². The number of halogens is 1. The van der Waals surface area contributed by atoms with Crippen molar-refractivity contribution >= 4 is 45.3 Å². The van der Waals surface area contributed by atoms with Crippen molar-refractivity contribution in [3.05, 3.63) is 117 Å². The zero-order chi connectivity index (χ0) is 24.1. The van der Waals surface area contributed by atoms with E-state index >= 15 is 0 Å². The summed E-state index contributed by atoms with van der Waals surface area (Å²) in [5, 5.41) is 4.00. The average Bonchev–Trinajstić information content (AvgIpc) is 2.84. The third kappa shape index (κ3) is 5.76. The molecule has 1 heterocycles. The van der Waals surface area contributed by atoms with Crippen LogP contribution in [0, 0.1) is 6.92 Å². The molecule has 1 atom stereocenters. The number of benzene rings is 3. The number of nitrogens with zero attached hydrogens (tertiary/aromatic N) is 1. The number of carbonyl (C=O) groups excluding carboxylic acids is 2. The molecular formula is C27H23ClN2O3S. The summed E-state index contributed by atoms with van der Waals surface area (Å²) in [6.07, 6.45) is 0. The SMILES string of the molecule is Cc1cccc(CSC(=O)C(Cn2c(=O)ccc3ccccc32)NC(=O)c2ccc(Cl)cc2)c1. The molecule has 0 fully saturated rings. The molecule has 0 saturated carbocycles. The largest absolute Gasteiger partial charge is 0.339 e. The molecule has 1 unspecified atom stereocenters. The second kappa shape index (κ2) is 10.7. The van der Waals surface area contributed by atoms with Crippen LogP contribution in [0.3, 0.4) is 0 Å². The highest BCUT2D eigenvalue weighted by Crippen LogP contribution is 2.19. The number of hydrogen-bond acceptors (Lipinski definition) is 4. The van der Waals surface area contributed by atoms with E-state index in [1.165, 1.54) is 10.6 Å². The molecule has 0 aliphatic rings. The van der Waals surface area contributed by atoms with Crippen molar-refractivity contribution in [1.82, 2.24) is 9.88 Å². The molecular weight excluding hydrogens is 468 g/mol. The standard InChI is InChI=1S/C27H23ClN2O3S/c1-18-5-4-6-19(15-18)17-34-27(33)23(29-26(32)21-9-12-22(28)13-10-21)16-30-24-8-3-2-7-20(24)11-14-25(30)31/h2-15,23H,16-17H2,1H3,(H,29,32). The van der Waals surface area contributed by atoms with Crippen LogP contribution in [0.15, 0.2) is 89.7 Å². The highest BCUT2D eigenvalue weighted by atomic mass is 35.5. The average molecular weight is 491 g/mol. The summed E-state index contributed by atoms with van der Waals surface area (Å²) in [5.74, 6) is 0.0672. The summed E-state index contributed by atoms with van der Waals surface area (Å²) in [5.41, 5.74) is 2.98. The van der Waals surface area contributed by atoms with Crippen LogP contribution in [0.5, 0.6) is 0 Å². The van der Waals surface area contributed by atoms with E-state index in [2.05, 4.69) is 5.32 Å². The van der Waals surface area contributed by atoms with Gasteiger partial charge in [0.2, 0.25) is 5.12 Å². The predicted octanol–water partition coefficient (Wildman–Crippen LogP) is 5.22. The lowest BCUT2D eigenvalue weighted by Gasteiger charge is -2.20. The van der Waals surface area contributed by atoms with Crippen molar-refractivity contribution in [1.29, 1.82) is 0 Å². The summed E-state index contributed by atoms with van der Waals surface area (Å²) >= 11 is 7.06. The Bertz CT molecular complexity index is 1400. The van der Waals surface area contributed by atoms with E-state index in [1.54, 1.807) is 30.3 Å². The Labute approximate surface area is 206 Å². The van der Waals surface area contributed by atoms with Crippen LogP contribution >= 0.6 is 23.4 Å². The van der Waals surface area contributed by atoms with E-state index in [-0.39, 0.29) is 17.2 Å². The number of carbonyl (C=O) groups is 2. The summed E-state index contributed by atoms with van der Waals surface area (Å²) in [6.45, 7) is 2.03. The summed E-state index contributed by atoms with van der Waals surface area (Å²) in [4.78, 5) is 38.9. The number of thioether (sulfide) groups is 1. The minimum Gasteiger partial charge on any atom is -0.339 e. The molecule has 0 bridgehead atoms. The van der Waals surface area contributed by atoms with E-state index in [1.807, 2.05) is 55.5 Å². The zero-order valence-corrected chi connectivity index (χ0v) is 20.1. The van der Waals surface area contributed by atoms with Crippen LogP contribution in [-0.2, 0) is 17.1 Å². The third-order valence-corrected chi connectivity index (χ3v) is 6.72. The predicted molar refractivity (Wildman–Crippen MR) is 138 cm³/mol. The van der Waals surface area contributed by atoms with Gasteiger partial charge in [0.15, 0.2) is 0 Å². The van der Waals surface area contributed by atoms with Gasteiger partial charge in [-0.15, -0.1) is 0 Å². The van der Waals surface area contributed by atoms with Gasteiger partial charge in [-0.05, 0) is 54.3 Å². The maximum Gasteiger partial charge on any atom is 0.251 e. The fourth-order valence-corrected chi connectivity index (χ4v) is 4.64. The molecule has 4 rings (SSSR count). The van der Waals surface area contributed by atoms with E-state index < -0.39 is 11.9 Å². The first-order valence-corrected chi connectivity index (χ1v) is 12.1. The lowest BCUT2D eigenvalue weighted by molar-refractivity contribution is -0.112. The molecule has 7 heteroatoms. The number of aryl methyl sites for hydroxylation is 1. The van der Waals surface area contributed by atoms with Gasteiger partial charge in [-0.2, -0.15) is 0 Å². The summed E-state index contributed by atoms with van der Waals surface area (Å²) in [7, 11) is 0. The number of pyridine rings is 1.